The van der Waals surface area contributed by atoms with E-state index in [4.69, 9.17) is 5.73 Å². The Bertz CT molecular complexity index is 359. The number of hydrogen-bond acceptors (Lipinski definition) is 4. The zero-order valence-corrected chi connectivity index (χ0v) is 11.3. The molecule has 2 aliphatic heterocycles. The molecule has 4 heteroatoms. The molecule has 3 rings (SSSR count). The molecule has 0 aromatic heterocycles. The first-order valence-corrected chi connectivity index (χ1v) is 7.30. The fourth-order valence-electron chi connectivity index (χ4n) is 3.66. The first kappa shape index (κ1) is 12.4. The van der Waals surface area contributed by atoms with Crippen LogP contribution in [0, 0.1) is 17.2 Å². The van der Waals surface area contributed by atoms with Gasteiger partial charge in [0, 0.05) is 31.7 Å². The molecule has 0 amide bonds. The summed E-state index contributed by atoms with van der Waals surface area (Å²) in [5.41, 5.74) is 5.71. The van der Waals surface area contributed by atoms with Crippen molar-refractivity contribution in [3.05, 3.63) is 0 Å². The van der Waals surface area contributed by atoms with Gasteiger partial charge in [-0.2, -0.15) is 5.26 Å². The fourth-order valence-corrected chi connectivity index (χ4v) is 3.66. The molecule has 18 heavy (non-hydrogen) atoms. The normalized spacial score (nSPS) is 36.9. The lowest BCUT2D eigenvalue weighted by molar-refractivity contribution is 0.0470. The Labute approximate surface area is 110 Å². The van der Waals surface area contributed by atoms with Crippen molar-refractivity contribution in [2.75, 3.05) is 26.2 Å². The minimum atomic E-state index is -0.602. The van der Waals surface area contributed by atoms with Crippen molar-refractivity contribution >= 4 is 0 Å². The first-order chi connectivity index (χ1) is 8.62. The second kappa shape index (κ2) is 4.48. The second-order valence-electron chi connectivity index (χ2n) is 6.50. The summed E-state index contributed by atoms with van der Waals surface area (Å²) >= 11 is 0. The van der Waals surface area contributed by atoms with Gasteiger partial charge in [0.1, 0.15) is 5.54 Å². The first-order valence-electron chi connectivity index (χ1n) is 7.30. The highest BCUT2D eigenvalue weighted by Gasteiger charge is 2.46. The molecule has 2 saturated heterocycles. The lowest BCUT2D eigenvalue weighted by Crippen LogP contribution is -2.60. The van der Waals surface area contributed by atoms with Crippen LogP contribution in [-0.2, 0) is 0 Å². The number of hydrogen-bond donors (Lipinski definition) is 1. The number of nitrogens with zero attached hydrogens (tertiary/aromatic N) is 3. The van der Waals surface area contributed by atoms with Crippen molar-refractivity contribution < 1.29 is 0 Å². The molecule has 0 aromatic carbocycles. The van der Waals surface area contributed by atoms with E-state index in [1.165, 1.54) is 19.4 Å². The van der Waals surface area contributed by atoms with Crippen molar-refractivity contribution in [1.29, 1.82) is 5.26 Å². The van der Waals surface area contributed by atoms with Crippen molar-refractivity contribution in [1.82, 2.24) is 9.80 Å². The zero-order valence-electron chi connectivity index (χ0n) is 11.3. The molecule has 3 atom stereocenters. The maximum Gasteiger partial charge on any atom is 0.119 e. The summed E-state index contributed by atoms with van der Waals surface area (Å²) < 4.78 is 0. The van der Waals surface area contributed by atoms with Crippen LogP contribution in [0.3, 0.4) is 0 Å². The Morgan fingerprint density at radius 2 is 2.11 bits per heavy atom. The predicted octanol–water partition coefficient (Wildman–Crippen LogP) is 0.786. The SMILES string of the molecule is CC1CN2CCCC2CN1CC(N)(C#N)C1CC1. The van der Waals surface area contributed by atoms with Crippen LogP contribution < -0.4 is 5.73 Å². The van der Waals surface area contributed by atoms with Crippen LogP contribution >= 0.6 is 0 Å². The molecule has 0 radical (unpaired) electrons. The molecule has 4 nitrogen and oxygen atoms in total. The number of nitriles is 1. The summed E-state index contributed by atoms with van der Waals surface area (Å²) in [5.74, 6) is 0.441. The zero-order chi connectivity index (χ0) is 12.8. The van der Waals surface area contributed by atoms with Gasteiger partial charge in [0.25, 0.3) is 0 Å². The summed E-state index contributed by atoms with van der Waals surface area (Å²) in [6.07, 6.45) is 4.93. The number of nitrogens with two attached hydrogens (primary N) is 1. The Morgan fingerprint density at radius 3 is 2.78 bits per heavy atom. The molecule has 0 aromatic rings. The topological polar surface area (TPSA) is 56.3 Å². The van der Waals surface area contributed by atoms with E-state index in [9.17, 15) is 5.26 Å². The Kier molecular flexibility index (Phi) is 3.09. The Morgan fingerprint density at radius 1 is 1.33 bits per heavy atom. The van der Waals surface area contributed by atoms with E-state index in [-0.39, 0.29) is 0 Å². The quantitative estimate of drug-likeness (QED) is 0.802. The van der Waals surface area contributed by atoms with Crippen molar-refractivity contribution in [3.63, 3.8) is 0 Å². The van der Waals surface area contributed by atoms with E-state index >= 15 is 0 Å². The van der Waals surface area contributed by atoms with Gasteiger partial charge in [0.15, 0.2) is 0 Å². The summed E-state index contributed by atoms with van der Waals surface area (Å²) in [5, 5.41) is 9.39. The lowest BCUT2D eigenvalue weighted by atomic mass is 9.94. The van der Waals surface area contributed by atoms with Crippen LogP contribution in [0.5, 0.6) is 0 Å². The molecular weight excluding hydrogens is 224 g/mol. The number of piperazine rings is 1. The molecule has 1 saturated carbocycles. The molecule has 0 bridgehead atoms. The van der Waals surface area contributed by atoms with Crippen LogP contribution in [0.15, 0.2) is 0 Å². The maximum absolute atomic E-state index is 9.39. The Balaban J connectivity index is 1.66. The highest BCUT2D eigenvalue weighted by Crippen LogP contribution is 2.39. The van der Waals surface area contributed by atoms with Gasteiger partial charge in [0.05, 0.1) is 6.07 Å². The van der Waals surface area contributed by atoms with Crippen LogP contribution in [-0.4, -0.2) is 53.6 Å². The van der Waals surface area contributed by atoms with E-state index in [0.29, 0.717) is 18.0 Å². The minimum absolute atomic E-state index is 0.441. The third-order valence-electron chi connectivity index (χ3n) is 5.05. The molecule has 2 N–H and O–H groups in total. The van der Waals surface area contributed by atoms with Crippen LogP contribution in [0.1, 0.15) is 32.6 Å². The van der Waals surface area contributed by atoms with Crippen LogP contribution in [0.2, 0.25) is 0 Å². The predicted molar refractivity (Wildman–Crippen MR) is 70.9 cm³/mol. The molecule has 3 unspecified atom stereocenters. The standard InChI is InChI=1S/C14H24N4/c1-11-7-17-6-2-3-13(17)8-18(11)10-14(16,9-15)12-4-5-12/h11-13H,2-8,10,16H2,1H3. The number of rotatable bonds is 3. The van der Waals surface area contributed by atoms with Gasteiger partial charge >= 0.3 is 0 Å². The van der Waals surface area contributed by atoms with Crippen LogP contribution in [0.25, 0.3) is 0 Å². The van der Waals surface area contributed by atoms with Crippen molar-refractivity contribution in [2.45, 2.75) is 50.2 Å². The minimum Gasteiger partial charge on any atom is -0.312 e. The Hall–Kier alpha value is -0.630. The smallest absolute Gasteiger partial charge is 0.119 e. The number of fused-ring (bicyclic) bond motifs is 1. The summed E-state index contributed by atoms with van der Waals surface area (Å²) in [6.45, 7) is 6.56. The van der Waals surface area contributed by atoms with E-state index in [1.807, 2.05) is 0 Å². The van der Waals surface area contributed by atoms with Gasteiger partial charge in [-0.25, -0.2) is 0 Å². The fraction of sp³-hybridized carbons (Fsp3) is 0.929. The largest absolute Gasteiger partial charge is 0.312 e. The van der Waals surface area contributed by atoms with Gasteiger partial charge in [-0.15, -0.1) is 0 Å². The van der Waals surface area contributed by atoms with E-state index < -0.39 is 5.54 Å². The monoisotopic (exact) mass is 248 g/mol. The summed E-state index contributed by atoms with van der Waals surface area (Å²) in [7, 11) is 0. The van der Waals surface area contributed by atoms with E-state index in [2.05, 4.69) is 22.8 Å². The highest BCUT2D eigenvalue weighted by molar-refractivity contribution is 5.15. The molecule has 100 valence electrons. The van der Waals surface area contributed by atoms with Gasteiger partial charge < -0.3 is 5.73 Å². The van der Waals surface area contributed by atoms with Gasteiger partial charge in [-0.1, -0.05) is 0 Å². The summed E-state index contributed by atoms with van der Waals surface area (Å²) in [4.78, 5) is 5.08. The molecule has 3 fully saturated rings. The highest BCUT2D eigenvalue weighted by atomic mass is 15.3. The van der Waals surface area contributed by atoms with Gasteiger partial charge in [-0.3, -0.25) is 9.80 Å². The van der Waals surface area contributed by atoms with E-state index in [1.54, 1.807) is 0 Å². The molecule has 3 aliphatic rings. The van der Waals surface area contributed by atoms with Crippen LogP contribution in [0.4, 0.5) is 0 Å². The third-order valence-corrected chi connectivity index (χ3v) is 5.05. The van der Waals surface area contributed by atoms with E-state index in [0.717, 1.165) is 32.5 Å². The van der Waals surface area contributed by atoms with Crippen molar-refractivity contribution in [2.24, 2.45) is 11.7 Å². The maximum atomic E-state index is 9.39. The molecular formula is C14H24N4. The molecule has 0 spiro atoms. The third kappa shape index (κ3) is 2.16. The lowest BCUT2D eigenvalue weighted by Gasteiger charge is -2.44. The molecule has 1 aliphatic carbocycles. The average Bonchev–Trinajstić information content (AvgIpc) is 3.12. The van der Waals surface area contributed by atoms with Gasteiger partial charge in [-0.05, 0) is 45.1 Å². The van der Waals surface area contributed by atoms with Crippen molar-refractivity contribution in [3.8, 4) is 6.07 Å². The second-order valence-corrected chi connectivity index (χ2v) is 6.50. The average molecular weight is 248 g/mol. The summed E-state index contributed by atoms with van der Waals surface area (Å²) in [6, 6.07) is 3.64. The van der Waals surface area contributed by atoms with Gasteiger partial charge in [0.2, 0.25) is 0 Å². The molecule has 2 heterocycles.